The minimum atomic E-state index is -0.947. The summed E-state index contributed by atoms with van der Waals surface area (Å²) < 4.78 is 5.27. The molecule has 0 spiro atoms. The van der Waals surface area contributed by atoms with Crippen molar-refractivity contribution in [3.8, 4) is 0 Å². The number of aromatic nitrogens is 1. The summed E-state index contributed by atoms with van der Waals surface area (Å²) in [6.45, 7) is 3.88. The van der Waals surface area contributed by atoms with Gasteiger partial charge in [-0.2, -0.15) is 0 Å². The Balaban J connectivity index is 2.53. The topological polar surface area (TPSA) is 106 Å². The Morgan fingerprint density at radius 1 is 1.48 bits per heavy atom. The lowest BCUT2D eigenvalue weighted by Gasteiger charge is -2.26. The molecule has 1 amide bonds. The fourth-order valence-corrected chi connectivity index (χ4v) is 2.81. The number of hydrogen-bond donors (Lipinski definition) is 2. The van der Waals surface area contributed by atoms with Crippen LogP contribution in [0.4, 0.5) is 5.69 Å². The number of anilines is 1. The number of aliphatic carboxylic acids is 1. The number of carboxylic acid groups (broad SMARTS) is 1. The molecule has 2 unspecified atom stereocenters. The second-order valence-electron chi connectivity index (χ2n) is 5.21. The number of methoxy groups -OCH3 is 1. The van der Waals surface area contributed by atoms with Crippen LogP contribution in [-0.2, 0) is 9.53 Å². The fraction of sp³-hybridized carbons (Fsp3) is 0.500. The van der Waals surface area contributed by atoms with Gasteiger partial charge in [0.1, 0.15) is 6.04 Å². The van der Waals surface area contributed by atoms with Crippen molar-refractivity contribution < 1.29 is 19.4 Å². The van der Waals surface area contributed by atoms with E-state index in [0.717, 1.165) is 0 Å². The molecule has 1 aliphatic heterocycles. The van der Waals surface area contributed by atoms with Crippen molar-refractivity contribution >= 4 is 17.6 Å². The van der Waals surface area contributed by atoms with Gasteiger partial charge in [0.05, 0.1) is 23.0 Å². The SMILES string of the molecule is COC1CC(C(=O)O)N(c2cc(C)nc(C)c2C(N)=O)C1. The van der Waals surface area contributed by atoms with E-state index in [1.165, 1.54) is 0 Å². The zero-order valence-corrected chi connectivity index (χ0v) is 12.3. The van der Waals surface area contributed by atoms with Crippen LogP contribution in [-0.4, -0.2) is 47.8 Å². The standard InChI is InChI=1S/C14H19N3O4/c1-7-4-10(12(13(15)18)8(2)16-7)17-6-9(21-3)5-11(17)14(19)20/h4,9,11H,5-6H2,1-3H3,(H2,15,18)(H,19,20). The Hall–Kier alpha value is -2.15. The van der Waals surface area contributed by atoms with E-state index >= 15 is 0 Å². The highest BCUT2D eigenvalue weighted by molar-refractivity contribution is 6.00. The van der Waals surface area contributed by atoms with Crippen LogP contribution in [0, 0.1) is 13.8 Å². The summed E-state index contributed by atoms with van der Waals surface area (Å²) in [7, 11) is 1.55. The van der Waals surface area contributed by atoms with Crippen molar-refractivity contribution in [3.63, 3.8) is 0 Å². The molecule has 2 rings (SSSR count). The highest BCUT2D eigenvalue weighted by Gasteiger charge is 2.38. The van der Waals surface area contributed by atoms with Gasteiger partial charge in [0, 0.05) is 25.8 Å². The Bertz CT molecular complexity index is 588. The number of nitrogens with zero attached hydrogens (tertiary/aromatic N) is 2. The van der Waals surface area contributed by atoms with E-state index in [0.29, 0.717) is 30.0 Å². The quantitative estimate of drug-likeness (QED) is 0.836. The van der Waals surface area contributed by atoms with E-state index in [2.05, 4.69) is 4.98 Å². The number of rotatable bonds is 4. The number of aryl methyl sites for hydroxylation is 2. The first-order valence-corrected chi connectivity index (χ1v) is 6.65. The largest absolute Gasteiger partial charge is 0.480 e. The Labute approximate surface area is 122 Å². The molecule has 1 fully saturated rings. The first-order chi connectivity index (χ1) is 9.85. The third-order valence-electron chi connectivity index (χ3n) is 3.74. The Morgan fingerprint density at radius 3 is 2.67 bits per heavy atom. The number of carbonyl (C=O) groups excluding carboxylic acids is 1. The summed E-state index contributed by atoms with van der Waals surface area (Å²) in [6, 6.07) is 0.954. The normalized spacial score (nSPS) is 21.6. The molecule has 0 aliphatic carbocycles. The van der Waals surface area contributed by atoms with Crippen LogP contribution in [0.3, 0.4) is 0 Å². The van der Waals surface area contributed by atoms with Crippen molar-refractivity contribution in [2.75, 3.05) is 18.6 Å². The van der Waals surface area contributed by atoms with Gasteiger partial charge in [-0.25, -0.2) is 4.79 Å². The number of ether oxygens (including phenoxy) is 1. The van der Waals surface area contributed by atoms with E-state index in [1.807, 2.05) is 0 Å². The van der Waals surface area contributed by atoms with Crippen LogP contribution in [0.5, 0.6) is 0 Å². The van der Waals surface area contributed by atoms with E-state index in [9.17, 15) is 14.7 Å². The van der Waals surface area contributed by atoms with Crippen LogP contribution in [0.2, 0.25) is 0 Å². The lowest BCUT2D eigenvalue weighted by Crippen LogP contribution is -2.37. The average Bonchev–Trinajstić information content (AvgIpc) is 2.81. The predicted octanol–water partition coefficient (Wildman–Crippen LogP) is 0.476. The van der Waals surface area contributed by atoms with Gasteiger partial charge >= 0.3 is 5.97 Å². The predicted molar refractivity (Wildman–Crippen MR) is 76.4 cm³/mol. The van der Waals surface area contributed by atoms with Crippen LogP contribution < -0.4 is 10.6 Å². The van der Waals surface area contributed by atoms with Crippen LogP contribution in [0.25, 0.3) is 0 Å². The van der Waals surface area contributed by atoms with Crippen molar-refractivity contribution in [3.05, 3.63) is 23.0 Å². The summed E-state index contributed by atoms with van der Waals surface area (Å²) in [4.78, 5) is 29.1. The van der Waals surface area contributed by atoms with Crippen LogP contribution >= 0.6 is 0 Å². The number of amides is 1. The van der Waals surface area contributed by atoms with Crippen LogP contribution in [0.1, 0.15) is 28.2 Å². The molecule has 21 heavy (non-hydrogen) atoms. The maximum Gasteiger partial charge on any atom is 0.326 e. The third-order valence-corrected chi connectivity index (χ3v) is 3.74. The summed E-state index contributed by atoms with van der Waals surface area (Å²) >= 11 is 0. The van der Waals surface area contributed by atoms with E-state index in [1.54, 1.807) is 31.9 Å². The summed E-state index contributed by atoms with van der Waals surface area (Å²) in [5, 5.41) is 9.40. The molecule has 1 aliphatic rings. The minimum absolute atomic E-state index is 0.194. The number of carboxylic acids is 1. The molecule has 7 nitrogen and oxygen atoms in total. The van der Waals surface area contributed by atoms with Gasteiger partial charge in [-0.05, 0) is 19.9 Å². The minimum Gasteiger partial charge on any atom is -0.480 e. The highest BCUT2D eigenvalue weighted by Crippen LogP contribution is 2.31. The van der Waals surface area contributed by atoms with Gasteiger partial charge in [-0.15, -0.1) is 0 Å². The van der Waals surface area contributed by atoms with Gasteiger partial charge in [0.25, 0.3) is 5.91 Å². The molecule has 3 N–H and O–H groups in total. The number of primary amides is 1. The molecule has 7 heteroatoms. The lowest BCUT2D eigenvalue weighted by atomic mass is 10.1. The molecule has 114 valence electrons. The molecule has 0 radical (unpaired) electrons. The zero-order valence-electron chi connectivity index (χ0n) is 12.3. The molecular weight excluding hydrogens is 274 g/mol. The van der Waals surface area contributed by atoms with Crippen molar-refractivity contribution in [2.24, 2.45) is 5.73 Å². The van der Waals surface area contributed by atoms with Gasteiger partial charge < -0.3 is 20.5 Å². The van der Waals surface area contributed by atoms with Crippen molar-refractivity contribution in [1.82, 2.24) is 4.98 Å². The number of nitrogens with two attached hydrogens (primary N) is 1. The number of carbonyl (C=O) groups is 2. The fourth-order valence-electron chi connectivity index (χ4n) is 2.81. The Kier molecular flexibility index (Phi) is 4.13. The van der Waals surface area contributed by atoms with Gasteiger partial charge in [-0.1, -0.05) is 0 Å². The summed E-state index contributed by atoms with van der Waals surface area (Å²) in [6.07, 6.45) is 0.172. The molecule has 1 aromatic heterocycles. The van der Waals surface area contributed by atoms with Crippen molar-refractivity contribution in [2.45, 2.75) is 32.4 Å². The second-order valence-corrected chi connectivity index (χ2v) is 5.21. The summed E-state index contributed by atoms with van der Waals surface area (Å²) in [5.41, 5.74) is 7.43. The smallest absolute Gasteiger partial charge is 0.326 e. The van der Waals surface area contributed by atoms with E-state index < -0.39 is 17.9 Å². The van der Waals surface area contributed by atoms with E-state index in [-0.39, 0.29) is 11.7 Å². The third kappa shape index (κ3) is 2.82. The van der Waals surface area contributed by atoms with Gasteiger partial charge in [-0.3, -0.25) is 9.78 Å². The highest BCUT2D eigenvalue weighted by atomic mass is 16.5. The lowest BCUT2D eigenvalue weighted by molar-refractivity contribution is -0.138. The molecule has 2 heterocycles. The maximum absolute atomic E-state index is 11.7. The molecule has 0 bridgehead atoms. The summed E-state index contributed by atoms with van der Waals surface area (Å²) in [5.74, 6) is -1.56. The van der Waals surface area contributed by atoms with E-state index in [4.69, 9.17) is 10.5 Å². The molecule has 2 atom stereocenters. The first-order valence-electron chi connectivity index (χ1n) is 6.65. The maximum atomic E-state index is 11.7. The van der Waals surface area contributed by atoms with Gasteiger partial charge in [0.2, 0.25) is 0 Å². The first kappa shape index (κ1) is 15.2. The molecule has 1 aromatic rings. The number of pyridine rings is 1. The number of hydrogen-bond acceptors (Lipinski definition) is 5. The molecule has 1 saturated heterocycles. The van der Waals surface area contributed by atoms with Crippen molar-refractivity contribution in [1.29, 1.82) is 0 Å². The van der Waals surface area contributed by atoms with Crippen LogP contribution in [0.15, 0.2) is 6.07 Å². The molecule has 0 aromatic carbocycles. The second kappa shape index (κ2) is 5.69. The average molecular weight is 293 g/mol. The molecule has 0 saturated carbocycles. The zero-order chi connectivity index (χ0) is 15.7. The Morgan fingerprint density at radius 2 is 2.14 bits per heavy atom. The van der Waals surface area contributed by atoms with Gasteiger partial charge in [0.15, 0.2) is 0 Å². The monoisotopic (exact) mass is 293 g/mol. The molecular formula is C14H19N3O4.